The molecule has 0 atom stereocenters. The number of hydrogen-bond acceptors (Lipinski definition) is 3. The fourth-order valence-electron chi connectivity index (χ4n) is 2.21. The Kier molecular flexibility index (Phi) is 4.02. The van der Waals surface area contributed by atoms with Gasteiger partial charge >= 0.3 is 0 Å². The van der Waals surface area contributed by atoms with Gasteiger partial charge in [-0.2, -0.15) is 0 Å². The lowest BCUT2D eigenvalue weighted by molar-refractivity contribution is -0.0102. The molecule has 3 heteroatoms. The van der Waals surface area contributed by atoms with Crippen LogP contribution in [0.2, 0.25) is 0 Å². The van der Waals surface area contributed by atoms with Crippen molar-refractivity contribution in [1.29, 1.82) is 0 Å². The van der Waals surface area contributed by atoms with Crippen LogP contribution in [0.4, 0.5) is 0 Å². The van der Waals surface area contributed by atoms with Crippen molar-refractivity contribution in [3.05, 3.63) is 29.3 Å². The Hall–Kier alpha value is -1.06. The summed E-state index contributed by atoms with van der Waals surface area (Å²) in [6.45, 7) is 5.61. The van der Waals surface area contributed by atoms with Gasteiger partial charge in [0.25, 0.3) is 0 Å². The Balaban J connectivity index is 1.77. The normalized spacial score (nSPS) is 23.4. The van der Waals surface area contributed by atoms with Crippen LogP contribution in [0.1, 0.15) is 30.9 Å². The van der Waals surface area contributed by atoms with Gasteiger partial charge in [-0.1, -0.05) is 17.7 Å². The maximum Gasteiger partial charge on any atom is 0.120 e. The largest absolute Gasteiger partial charge is 0.508 e. The second kappa shape index (κ2) is 5.52. The first-order valence-corrected chi connectivity index (χ1v) is 6.32. The molecular formula is C14H21NO2. The van der Waals surface area contributed by atoms with Gasteiger partial charge in [0.15, 0.2) is 0 Å². The van der Waals surface area contributed by atoms with Gasteiger partial charge in [0.2, 0.25) is 0 Å². The topological polar surface area (TPSA) is 41.5 Å². The van der Waals surface area contributed by atoms with E-state index in [0.29, 0.717) is 17.9 Å². The predicted molar refractivity (Wildman–Crippen MR) is 68.1 cm³/mol. The lowest BCUT2D eigenvalue weighted by Crippen LogP contribution is -2.45. The summed E-state index contributed by atoms with van der Waals surface area (Å²) in [7, 11) is 0. The molecule has 0 spiro atoms. The molecule has 0 aliphatic heterocycles. The monoisotopic (exact) mass is 235 g/mol. The number of ether oxygens (including phenoxy) is 1. The first kappa shape index (κ1) is 12.4. The van der Waals surface area contributed by atoms with Gasteiger partial charge in [0.05, 0.1) is 6.10 Å². The van der Waals surface area contributed by atoms with Crippen LogP contribution in [0.15, 0.2) is 18.2 Å². The molecule has 1 fully saturated rings. The van der Waals surface area contributed by atoms with Crippen molar-refractivity contribution in [2.75, 3.05) is 6.61 Å². The molecular weight excluding hydrogens is 214 g/mol. The van der Waals surface area contributed by atoms with Crippen molar-refractivity contribution in [1.82, 2.24) is 5.32 Å². The molecule has 1 aromatic rings. The van der Waals surface area contributed by atoms with Crippen LogP contribution in [0.25, 0.3) is 0 Å². The third-order valence-corrected chi connectivity index (χ3v) is 3.31. The molecule has 3 nitrogen and oxygen atoms in total. The molecule has 1 aromatic carbocycles. The van der Waals surface area contributed by atoms with Gasteiger partial charge in [-0.25, -0.2) is 0 Å². The molecule has 2 rings (SSSR count). The molecule has 94 valence electrons. The number of aryl methyl sites for hydroxylation is 1. The number of benzene rings is 1. The van der Waals surface area contributed by atoms with Gasteiger partial charge in [0.1, 0.15) is 5.75 Å². The van der Waals surface area contributed by atoms with Crippen molar-refractivity contribution in [3.63, 3.8) is 0 Å². The highest BCUT2D eigenvalue weighted by atomic mass is 16.5. The highest BCUT2D eigenvalue weighted by molar-refractivity contribution is 5.35. The number of rotatable bonds is 5. The van der Waals surface area contributed by atoms with Crippen LogP contribution in [-0.4, -0.2) is 23.9 Å². The van der Waals surface area contributed by atoms with E-state index < -0.39 is 0 Å². The number of nitrogens with one attached hydrogen (secondary N) is 1. The van der Waals surface area contributed by atoms with Gasteiger partial charge in [0, 0.05) is 24.8 Å². The Morgan fingerprint density at radius 1 is 1.41 bits per heavy atom. The summed E-state index contributed by atoms with van der Waals surface area (Å²) >= 11 is 0. The van der Waals surface area contributed by atoms with Gasteiger partial charge < -0.3 is 15.2 Å². The van der Waals surface area contributed by atoms with Crippen LogP contribution in [0, 0.1) is 6.92 Å². The van der Waals surface area contributed by atoms with Crippen LogP contribution in [0.5, 0.6) is 5.75 Å². The standard InChI is InChI=1S/C14H21NO2/c1-3-17-13-7-12(8-13)15-9-11-6-10(2)4-5-14(11)16/h4-6,12-13,15-16H,3,7-9H2,1-2H3. The fraction of sp³-hybridized carbons (Fsp3) is 0.571. The van der Waals surface area contributed by atoms with Crippen molar-refractivity contribution >= 4 is 0 Å². The first-order chi connectivity index (χ1) is 8.19. The van der Waals surface area contributed by atoms with Crippen LogP contribution >= 0.6 is 0 Å². The first-order valence-electron chi connectivity index (χ1n) is 6.32. The summed E-state index contributed by atoms with van der Waals surface area (Å²) in [5.41, 5.74) is 2.16. The van der Waals surface area contributed by atoms with E-state index in [1.807, 2.05) is 26.0 Å². The second-order valence-corrected chi connectivity index (χ2v) is 4.76. The Morgan fingerprint density at radius 2 is 2.18 bits per heavy atom. The lowest BCUT2D eigenvalue weighted by Gasteiger charge is -2.35. The fourth-order valence-corrected chi connectivity index (χ4v) is 2.21. The zero-order chi connectivity index (χ0) is 12.3. The molecule has 0 radical (unpaired) electrons. The summed E-state index contributed by atoms with van der Waals surface area (Å²) in [6.07, 6.45) is 2.60. The van der Waals surface area contributed by atoms with E-state index in [2.05, 4.69) is 5.32 Å². The van der Waals surface area contributed by atoms with Gasteiger partial charge in [-0.15, -0.1) is 0 Å². The molecule has 0 saturated heterocycles. The second-order valence-electron chi connectivity index (χ2n) is 4.76. The molecule has 1 aliphatic rings. The van der Waals surface area contributed by atoms with Crippen molar-refractivity contribution in [2.45, 2.75) is 45.4 Å². The number of hydrogen-bond donors (Lipinski definition) is 2. The molecule has 1 saturated carbocycles. The molecule has 0 amide bonds. The molecule has 17 heavy (non-hydrogen) atoms. The molecule has 0 aromatic heterocycles. The Labute approximate surface area is 103 Å². The molecule has 1 aliphatic carbocycles. The average Bonchev–Trinajstić information content (AvgIpc) is 2.26. The highest BCUT2D eigenvalue weighted by Crippen LogP contribution is 2.24. The minimum Gasteiger partial charge on any atom is -0.508 e. The summed E-state index contributed by atoms with van der Waals surface area (Å²) in [5, 5.41) is 13.2. The SMILES string of the molecule is CCOC1CC(NCc2cc(C)ccc2O)C1. The summed E-state index contributed by atoms with van der Waals surface area (Å²) in [5.74, 6) is 0.379. The maximum atomic E-state index is 9.71. The van der Waals surface area contributed by atoms with Gasteiger partial charge in [-0.3, -0.25) is 0 Å². The molecule has 0 heterocycles. The maximum absolute atomic E-state index is 9.71. The zero-order valence-corrected chi connectivity index (χ0v) is 10.6. The number of aromatic hydroxyl groups is 1. The third-order valence-electron chi connectivity index (χ3n) is 3.31. The van der Waals surface area contributed by atoms with E-state index in [0.717, 1.165) is 31.6 Å². The van der Waals surface area contributed by atoms with Crippen LogP contribution in [-0.2, 0) is 11.3 Å². The van der Waals surface area contributed by atoms with E-state index in [4.69, 9.17) is 4.74 Å². The van der Waals surface area contributed by atoms with Crippen molar-refractivity contribution in [3.8, 4) is 5.75 Å². The Bertz CT molecular complexity index is 372. The zero-order valence-electron chi connectivity index (χ0n) is 10.6. The minimum absolute atomic E-state index is 0.379. The quantitative estimate of drug-likeness (QED) is 0.823. The average molecular weight is 235 g/mol. The van der Waals surface area contributed by atoms with Gasteiger partial charge in [-0.05, 0) is 32.8 Å². The lowest BCUT2D eigenvalue weighted by atomic mass is 9.89. The van der Waals surface area contributed by atoms with E-state index in [9.17, 15) is 5.11 Å². The molecule has 0 unspecified atom stereocenters. The summed E-state index contributed by atoms with van der Waals surface area (Å²) in [6, 6.07) is 6.25. The highest BCUT2D eigenvalue weighted by Gasteiger charge is 2.28. The smallest absolute Gasteiger partial charge is 0.120 e. The minimum atomic E-state index is 0.379. The number of phenols is 1. The van der Waals surface area contributed by atoms with E-state index >= 15 is 0 Å². The van der Waals surface area contributed by atoms with Crippen LogP contribution in [0.3, 0.4) is 0 Å². The summed E-state index contributed by atoms with van der Waals surface area (Å²) < 4.78 is 5.51. The number of phenolic OH excluding ortho intramolecular Hbond substituents is 1. The third kappa shape index (κ3) is 3.20. The van der Waals surface area contributed by atoms with Crippen LogP contribution < -0.4 is 5.32 Å². The molecule has 2 N–H and O–H groups in total. The Morgan fingerprint density at radius 3 is 2.88 bits per heavy atom. The van der Waals surface area contributed by atoms with Crippen molar-refractivity contribution < 1.29 is 9.84 Å². The predicted octanol–water partition coefficient (Wildman–Crippen LogP) is 2.36. The molecule has 0 bridgehead atoms. The summed E-state index contributed by atoms with van der Waals surface area (Å²) in [4.78, 5) is 0. The van der Waals surface area contributed by atoms with E-state index in [1.54, 1.807) is 6.07 Å². The van der Waals surface area contributed by atoms with E-state index in [-0.39, 0.29) is 0 Å². The van der Waals surface area contributed by atoms with E-state index in [1.165, 1.54) is 5.56 Å². The van der Waals surface area contributed by atoms with Crippen molar-refractivity contribution in [2.24, 2.45) is 0 Å².